The van der Waals surface area contributed by atoms with Crippen molar-refractivity contribution in [2.24, 2.45) is 5.92 Å². The van der Waals surface area contributed by atoms with Crippen molar-refractivity contribution >= 4 is 11.9 Å². The minimum absolute atomic E-state index is 0.374. The second-order valence-electron chi connectivity index (χ2n) is 4.68. The van der Waals surface area contributed by atoms with Crippen LogP contribution in [0.25, 0.3) is 0 Å². The molecule has 0 fully saturated rings. The van der Waals surface area contributed by atoms with E-state index in [0.29, 0.717) is 19.4 Å². The van der Waals surface area contributed by atoms with Gasteiger partial charge in [0.2, 0.25) is 0 Å². The lowest BCUT2D eigenvalue weighted by Gasteiger charge is -2.12. The summed E-state index contributed by atoms with van der Waals surface area (Å²) in [5, 5.41) is 0. The Bertz CT molecular complexity index is 493. The molecule has 1 heterocycles. The van der Waals surface area contributed by atoms with Crippen molar-refractivity contribution in [1.29, 1.82) is 0 Å². The number of fused-ring (bicyclic) bond motifs is 1. The Kier molecular flexibility index (Phi) is 4.61. The van der Waals surface area contributed by atoms with Crippen molar-refractivity contribution < 1.29 is 23.8 Å². The molecule has 0 atom stereocenters. The zero-order chi connectivity index (χ0) is 14.5. The van der Waals surface area contributed by atoms with Crippen molar-refractivity contribution in [2.75, 3.05) is 20.8 Å². The number of hydrogen-bond acceptors (Lipinski definition) is 5. The van der Waals surface area contributed by atoms with Crippen LogP contribution in [0.1, 0.15) is 17.5 Å². The topological polar surface area (TPSA) is 61.8 Å². The lowest BCUT2D eigenvalue weighted by Crippen LogP contribution is -2.27. The van der Waals surface area contributed by atoms with Crippen LogP contribution in [0.3, 0.4) is 0 Å². The van der Waals surface area contributed by atoms with Crippen molar-refractivity contribution in [3.63, 3.8) is 0 Å². The van der Waals surface area contributed by atoms with Gasteiger partial charge in [-0.15, -0.1) is 0 Å². The fourth-order valence-corrected chi connectivity index (χ4v) is 2.32. The molecule has 0 amide bonds. The van der Waals surface area contributed by atoms with Crippen LogP contribution >= 0.6 is 0 Å². The molecule has 2 rings (SSSR count). The smallest absolute Gasteiger partial charge is 0.320 e. The number of benzene rings is 1. The molecule has 0 saturated heterocycles. The van der Waals surface area contributed by atoms with E-state index in [4.69, 9.17) is 4.74 Å². The number of carbonyl (C=O) groups is 2. The Balaban J connectivity index is 2.02. The Morgan fingerprint density at radius 3 is 2.60 bits per heavy atom. The summed E-state index contributed by atoms with van der Waals surface area (Å²) in [6.45, 7) is 0.714. The summed E-state index contributed by atoms with van der Waals surface area (Å²) < 4.78 is 14.7. The average Bonchev–Trinajstić information content (AvgIpc) is 2.94. The van der Waals surface area contributed by atoms with Crippen LogP contribution in [0.2, 0.25) is 0 Å². The molecule has 1 aliphatic rings. The molecule has 0 bridgehead atoms. The average molecular weight is 278 g/mol. The normalized spacial score (nSPS) is 12.8. The molecule has 0 aromatic heterocycles. The SMILES string of the molecule is COC(=O)C(CCc1ccc2c(c1)CCO2)C(=O)OC. The van der Waals surface area contributed by atoms with Crippen molar-refractivity contribution in [1.82, 2.24) is 0 Å². The summed E-state index contributed by atoms with van der Waals surface area (Å²) in [6.07, 6.45) is 1.89. The first-order valence-corrected chi connectivity index (χ1v) is 6.56. The summed E-state index contributed by atoms with van der Waals surface area (Å²) in [5.74, 6) is -1.05. The zero-order valence-electron chi connectivity index (χ0n) is 11.7. The van der Waals surface area contributed by atoms with Crippen LogP contribution in [0, 0.1) is 5.92 Å². The summed E-state index contributed by atoms with van der Waals surface area (Å²) >= 11 is 0. The maximum atomic E-state index is 11.6. The van der Waals surface area contributed by atoms with Gasteiger partial charge in [0.05, 0.1) is 20.8 Å². The summed E-state index contributed by atoms with van der Waals surface area (Å²) in [6, 6.07) is 5.95. The Hall–Kier alpha value is -2.04. The highest BCUT2D eigenvalue weighted by atomic mass is 16.5. The van der Waals surface area contributed by atoms with E-state index >= 15 is 0 Å². The zero-order valence-corrected chi connectivity index (χ0v) is 11.7. The van der Waals surface area contributed by atoms with E-state index in [1.807, 2.05) is 12.1 Å². The van der Waals surface area contributed by atoms with Crippen LogP contribution in [-0.4, -0.2) is 32.8 Å². The van der Waals surface area contributed by atoms with Gasteiger partial charge in [-0.05, 0) is 30.0 Å². The fourth-order valence-electron chi connectivity index (χ4n) is 2.32. The third kappa shape index (κ3) is 3.10. The van der Waals surface area contributed by atoms with Gasteiger partial charge in [0.15, 0.2) is 5.92 Å². The lowest BCUT2D eigenvalue weighted by molar-refractivity contribution is -0.159. The molecule has 1 aromatic rings. The lowest BCUT2D eigenvalue weighted by atomic mass is 9.98. The van der Waals surface area contributed by atoms with Crippen LogP contribution in [0.5, 0.6) is 5.75 Å². The molecule has 0 saturated carbocycles. The van der Waals surface area contributed by atoms with Gasteiger partial charge in [-0.1, -0.05) is 12.1 Å². The molecule has 0 unspecified atom stereocenters. The maximum Gasteiger partial charge on any atom is 0.320 e. The van der Waals surface area contributed by atoms with Crippen LogP contribution in [0.4, 0.5) is 0 Å². The Labute approximate surface area is 117 Å². The minimum Gasteiger partial charge on any atom is -0.493 e. The van der Waals surface area contributed by atoms with E-state index in [2.05, 4.69) is 15.5 Å². The quantitative estimate of drug-likeness (QED) is 0.603. The van der Waals surface area contributed by atoms with Crippen LogP contribution in [-0.2, 0) is 31.9 Å². The second kappa shape index (κ2) is 6.41. The molecule has 1 aliphatic heterocycles. The van der Waals surface area contributed by atoms with Gasteiger partial charge in [-0.2, -0.15) is 0 Å². The molecule has 5 heteroatoms. The van der Waals surface area contributed by atoms with Crippen molar-refractivity contribution in [2.45, 2.75) is 19.3 Å². The predicted octanol–water partition coefficient (Wildman–Crippen LogP) is 1.52. The summed E-state index contributed by atoms with van der Waals surface area (Å²) in [5.41, 5.74) is 2.25. The highest BCUT2D eigenvalue weighted by Gasteiger charge is 2.28. The fraction of sp³-hybridized carbons (Fsp3) is 0.467. The van der Waals surface area contributed by atoms with Crippen molar-refractivity contribution in [3.05, 3.63) is 29.3 Å². The van der Waals surface area contributed by atoms with Gasteiger partial charge in [-0.25, -0.2) is 0 Å². The van der Waals surface area contributed by atoms with Crippen LogP contribution in [0.15, 0.2) is 18.2 Å². The Morgan fingerprint density at radius 1 is 1.25 bits per heavy atom. The molecule has 20 heavy (non-hydrogen) atoms. The molecule has 0 N–H and O–H groups in total. The number of carbonyl (C=O) groups excluding carboxylic acids is 2. The third-order valence-corrected chi connectivity index (χ3v) is 3.45. The highest BCUT2D eigenvalue weighted by molar-refractivity contribution is 5.94. The standard InChI is InChI=1S/C15H18O5/c1-18-14(16)12(15(17)19-2)5-3-10-4-6-13-11(9-10)7-8-20-13/h4,6,9,12H,3,5,7-8H2,1-2H3. The molecule has 5 nitrogen and oxygen atoms in total. The molecular formula is C15H18O5. The van der Waals surface area contributed by atoms with E-state index in [0.717, 1.165) is 17.7 Å². The number of ether oxygens (including phenoxy) is 3. The molecule has 0 spiro atoms. The first-order chi connectivity index (χ1) is 9.65. The third-order valence-electron chi connectivity index (χ3n) is 3.45. The van der Waals surface area contributed by atoms with E-state index in [-0.39, 0.29) is 0 Å². The van der Waals surface area contributed by atoms with Crippen molar-refractivity contribution in [3.8, 4) is 5.75 Å². The molecular weight excluding hydrogens is 260 g/mol. The van der Waals surface area contributed by atoms with Gasteiger partial charge < -0.3 is 14.2 Å². The number of hydrogen-bond donors (Lipinski definition) is 0. The second-order valence-corrected chi connectivity index (χ2v) is 4.68. The van der Waals surface area contributed by atoms with E-state index in [1.54, 1.807) is 0 Å². The van der Waals surface area contributed by atoms with Gasteiger partial charge >= 0.3 is 11.9 Å². The summed E-state index contributed by atoms with van der Waals surface area (Å²) in [7, 11) is 2.54. The first-order valence-electron chi connectivity index (χ1n) is 6.56. The minimum atomic E-state index is -0.866. The largest absolute Gasteiger partial charge is 0.493 e. The molecule has 0 radical (unpaired) electrons. The highest BCUT2D eigenvalue weighted by Crippen LogP contribution is 2.26. The number of rotatable bonds is 5. The van der Waals surface area contributed by atoms with Crippen LogP contribution < -0.4 is 4.74 Å². The number of esters is 2. The van der Waals surface area contributed by atoms with E-state index in [9.17, 15) is 9.59 Å². The predicted molar refractivity (Wildman–Crippen MR) is 71.5 cm³/mol. The van der Waals surface area contributed by atoms with Gasteiger partial charge in [-0.3, -0.25) is 9.59 Å². The van der Waals surface area contributed by atoms with Gasteiger partial charge in [0.25, 0.3) is 0 Å². The van der Waals surface area contributed by atoms with E-state index < -0.39 is 17.9 Å². The molecule has 1 aromatic carbocycles. The van der Waals surface area contributed by atoms with E-state index in [1.165, 1.54) is 19.8 Å². The monoisotopic (exact) mass is 278 g/mol. The Morgan fingerprint density at radius 2 is 1.95 bits per heavy atom. The molecule has 108 valence electrons. The van der Waals surface area contributed by atoms with Gasteiger partial charge in [0, 0.05) is 6.42 Å². The van der Waals surface area contributed by atoms with Gasteiger partial charge in [0.1, 0.15) is 5.75 Å². The maximum absolute atomic E-state index is 11.6. The number of methoxy groups -OCH3 is 2. The first kappa shape index (κ1) is 14.4. The summed E-state index contributed by atoms with van der Waals surface area (Å²) in [4.78, 5) is 23.2. The number of aryl methyl sites for hydroxylation is 1. The molecule has 0 aliphatic carbocycles.